The highest BCUT2D eigenvalue weighted by atomic mass is 15.0. The first-order valence-corrected chi connectivity index (χ1v) is 6.38. The number of hydrogen-bond donors (Lipinski definition) is 1. The summed E-state index contributed by atoms with van der Waals surface area (Å²) in [5.41, 5.74) is 1.99. The standard InChI is InChI=1S/C15H23N/c1-12(16-14-11-15(14,2)3)9-10-13-7-5-4-6-8-13/h4-8,12,14,16H,9-11H2,1-3H3. The van der Waals surface area contributed by atoms with E-state index < -0.39 is 0 Å². The quantitative estimate of drug-likeness (QED) is 0.797. The average molecular weight is 217 g/mol. The second kappa shape index (κ2) is 4.58. The zero-order chi connectivity index (χ0) is 11.6. The monoisotopic (exact) mass is 217 g/mol. The lowest BCUT2D eigenvalue weighted by atomic mass is 10.1. The number of benzene rings is 1. The summed E-state index contributed by atoms with van der Waals surface area (Å²) in [5.74, 6) is 0. The molecule has 1 nitrogen and oxygen atoms in total. The summed E-state index contributed by atoms with van der Waals surface area (Å²) in [5, 5.41) is 3.71. The topological polar surface area (TPSA) is 12.0 Å². The Morgan fingerprint density at radius 1 is 1.31 bits per heavy atom. The summed E-state index contributed by atoms with van der Waals surface area (Å²) in [6.07, 6.45) is 3.75. The van der Waals surface area contributed by atoms with Gasteiger partial charge in [-0.15, -0.1) is 0 Å². The number of rotatable bonds is 5. The lowest BCUT2D eigenvalue weighted by molar-refractivity contribution is 0.461. The van der Waals surface area contributed by atoms with Crippen LogP contribution in [0.2, 0.25) is 0 Å². The van der Waals surface area contributed by atoms with Crippen molar-refractivity contribution in [3.8, 4) is 0 Å². The Balaban J connectivity index is 1.70. The maximum absolute atomic E-state index is 3.71. The predicted molar refractivity (Wildman–Crippen MR) is 69.5 cm³/mol. The van der Waals surface area contributed by atoms with Gasteiger partial charge in [0.25, 0.3) is 0 Å². The minimum absolute atomic E-state index is 0.543. The molecule has 0 amide bonds. The van der Waals surface area contributed by atoms with Crippen molar-refractivity contribution >= 4 is 0 Å². The first-order valence-electron chi connectivity index (χ1n) is 6.38. The van der Waals surface area contributed by atoms with Crippen molar-refractivity contribution in [1.29, 1.82) is 0 Å². The van der Waals surface area contributed by atoms with Gasteiger partial charge in [0.15, 0.2) is 0 Å². The van der Waals surface area contributed by atoms with E-state index in [9.17, 15) is 0 Å². The third-order valence-electron chi connectivity index (χ3n) is 3.71. The van der Waals surface area contributed by atoms with Gasteiger partial charge in [0.1, 0.15) is 0 Å². The van der Waals surface area contributed by atoms with E-state index in [2.05, 4.69) is 56.4 Å². The van der Waals surface area contributed by atoms with Crippen LogP contribution in [0.5, 0.6) is 0 Å². The van der Waals surface area contributed by atoms with Crippen molar-refractivity contribution < 1.29 is 0 Å². The molecule has 1 aromatic carbocycles. The van der Waals surface area contributed by atoms with Gasteiger partial charge in [-0.05, 0) is 37.2 Å². The van der Waals surface area contributed by atoms with Gasteiger partial charge in [-0.3, -0.25) is 0 Å². The second-order valence-electron chi connectivity index (χ2n) is 5.84. The molecule has 2 rings (SSSR count). The molecule has 1 aromatic rings. The molecule has 0 bridgehead atoms. The molecule has 1 aliphatic carbocycles. The van der Waals surface area contributed by atoms with Crippen LogP contribution in [-0.2, 0) is 6.42 Å². The highest BCUT2D eigenvalue weighted by Crippen LogP contribution is 2.44. The molecular weight excluding hydrogens is 194 g/mol. The Kier molecular flexibility index (Phi) is 3.34. The number of nitrogens with one attached hydrogen (secondary N) is 1. The molecule has 1 saturated carbocycles. The molecule has 0 spiro atoms. The second-order valence-corrected chi connectivity index (χ2v) is 5.84. The predicted octanol–water partition coefficient (Wildman–Crippen LogP) is 3.40. The Bertz CT molecular complexity index is 329. The largest absolute Gasteiger partial charge is 0.311 e. The molecule has 2 atom stereocenters. The van der Waals surface area contributed by atoms with E-state index in [1.165, 1.54) is 24.8 Å². The Labute approximate surface area is 99.3 Å². The molecule has 2 unspecified atom stereocenters. The number of aryl methyl sites for hydroxylation is 1. The van der Waals surface area contributed by atoms with E-state index in [4.69, 9.17) is 0 Å². The first-order chi connectivity index (χ1) is 7.58. The van der Waals surface area contributed by atoms with Gasteiger partial charge in [0.05, 0.1) is 0 Å². The normalized spacial score (nSPS) is 24.1. The zero-order valence-corrected chi connectivity index (χ0v) is 10.7. The molecule has 0 saturated heterocycles. The Morgan fingerprint density at radius 2 is 1.94 bits per heavy atom. The van der Waals surface area contributed by atoms with E-state index >= 15 is 0 Å². The van der Waals surface area contributed by atoms with E-state index in [0.717, 1.165) is 6.04 Å². The van der Waals surface area contributed by atoms with Crippen LogP contribution in [0.25, 0.3) is 0 Å². The van der Waals surface area contributed by atoms with Crippen LogP contribution < -0.4 is 5.32 Å². The van der Waals surface area contributed by atoms with Crippen molar-refractivity contribution in [2.75, 3.05) is 0 Å². The fourth-order valence-electron chi connectivity index (χ4n) is 2.21. The van der Waals surface area contributed by atoms with Crippen LogP contribution in [0.3, 0.4) is 0 Å². The summed E-state index contributed by atoms with van der Waals surface area (Å²) in [6.45, 7) is 6.99. The highest BCUT2D eigenvalue weighted by Gasteiger charge is 2.45. The lowest BCUT2D eigenvalue weighted by Gasteiger charge is -2.15. The molecule has 0 aliphatic heterocycles. The average Bonchev–Trinajstić information content (AvgIpc) is 2.84. The smallest absolute Gasteiger partial charge is 0.0127 e. The van der Waals surface area contributed by atoms with Crippen LogP contribution in [0.1, 0.15) is 39.2 Å². The Morgan fingerprint density at radius 3 is 2.50 bits per heavy atom. The summed E-state index contributed by atoms with van der Waals surface area (Å²) in [6, 6.07) is 12.1. The molecule has 1 N–H and O–H groups in total. The SMILES string of the molecule is CC(CCc1ccccc1)NC1CC1(C)C. The van der Waals surface area contributed by atoms with Crippen molar-refractivity contribution in [3.63, 3.8) is 0 Å². The number of hydrogen-bond acceptors (Lipinski definition) is 1. The van der Waals surface area contributed by atoms with Gasteiger partial charge in [-0.1, -0.05) is 44.2 Å². The molecule has 0 radical (unpaired) electrons. The van der Waals surface area contributed by atoms with Crippen LogP contribution in [0.15, 0.2) is 30.3 Å². The minimum Gasteiger partial charge on any atom is -0.311 e. The summed E-state index contributed by atoms with van der Waals surface area (Å²) in [7, 11) is 0. The van der Waals surface area contributed by atoms with Crippen LogP contribution in [-0.4, -0.2) is 12.1 Å². The molecule has 16 heavy (non-hydrogen) atoms. The molecule has 0 heterocycles. The molecule has 1 aliphatic rings. The fourth-order valence-corrected chi connectivity index (χ4v) is 2.21. The van der Waals surface area contributed by atoms with E-state index in [0.29, 0.717) is 11.5 Å². The van der Waals surface area contributed by atoms with Crippen LogP contribution >= 0.6 is 0 Å². The highest BCUT2D eigenvalue weighted by molar-refractivity contribution is 5.14. The van der Waals surface area contributed by atoms with E-state index in [1.807, 2.05) is 0 Å². The van der Waals surface area contributed by atoms with Gasteiger partial charge in [0.2, 0.25) is 0 Å². The van der Waals surface area contributed by atoms with Gasteiger partial charge < -0.3 is 5.32 Å². The van der Waals surface area contributed by atoms with Gasteiger partial charge in [0, 0.05) is 12.1 Å². The Hall–Kier alpha value is -0.820. The van der Waals surface area contributed by atoms with Crippen molar-refractivity contribution in [3.05, 3.63) is 35.9 Å². The lowest BCUT2D eigenvalue weighted by Crippen LogP contribution is -2.30. The van der Waals surface area contributed by atoms with Crippen LogP contribution in [0, 0.1) is 5.41 Å². The van der Waals surface area contributed by atoms with Crippen molar-refractivity contribution in [2.45, 2.75) is 52.1 Å². The molecule has 0 aromatic heterocycles. The fraction of sp³-hybridized carbons (Fsp3) is 0.600. The minimum atomic E-state index is 0.543. The van der Waals surface area contributed by atoms with Gasteiger partial charge in [-0.25, -0.2) is 0 Å². The first kappa shape index (κ1) is 11.7. The molecule has 1 fully saturated rings. The summed E-state index contributed by atoms with van der Waals surface area (Å²) in [4.78, 5) is 0. The zero-order valence-electron chi connectivity index (χ0n) is 10.7. The van der Waals surface area contributed by atoms with Crippen LogP contribution in [0.4, 0.5) is 0 Å². The van der Waals surface area contributed by atoms with E-state index in [1.54, 1.807) is 0 Å². The molecular formula is C15H23N. The van der Waals surface area contributed by atoms with Gasteiger partial charge in [-0.2, -0.15) is 0 Å². The van der Waals surface area contributed by atoms with E-state index in [-0.39, 0.29) is 0 Å². The summed E-state index contributed by atoms with van der Waals surface area (Å²) >= 11 is 0. The third-order valence-corrected chi connectivity index (χ3v) is 3.71. The maximum atomic E-state index is 3.71. The molecule has 88 valence electrons. The summed E-state index contributed by atoms with van der Waals surface area (Å²) < 4.78 is 0. The third kappa shape index (κ3) is 3.08. The van der Waals surface area contributed by atoms with Gasteiger partial charge >= 0.3 is 0 Å². The molecule has 1 heteroatoms. The maximum Gasteiger partial charge on any atom is 0.0127 e. The van der Waals surface area contributed by atoms with Crippen molar-refractivity contribution in [1.82, 2.24) is 5.32 Å². The van der Waals surface area contributed by atoms with Crippen molar-refractivity contribution in [2.24, 2.45) is 5.41 Å².